The summed E-state index contributed by atoms with van der Waals surface area (Å²) in [5.74, 6) is -3.31. The highest BCUT2D eigenvalue weighted by molar-refractivity contribution is 5.82. The summed E-state index contributed by atoms with van der Waals surface area (Å²) in [6.07, 6.45) is -3.45. The van der Waals surface area contributed by atoms with E-state index in [2.05, 4.69) is 10.6 Å². The van der Waals surface area contributed by atoms with Gasteiger partial charge < -0.3 is 40.4 Å². The first-order valence-electron chi connectivity index (χ1n) is 13.9. The summed E-state index contributed by atoms with van der Waals surface area (Å²) in [5, 5.41) is 14.7. The maximum absolute atomic E-state index is 12.6. The molecule has 1 aliphatic carbocycles. The molecule has 0 aromatic heterocycles. The van der Waals surface area contributed by atoms with Gasteiger partial charge in [0.1, 0.15) is 31.0 Å². The Morgan fingerprint density at radius 1 is 0.976 bits per heavy atom. The van der Waals surface area contributed by atoms with Crippen LogP contribution >= 0.6 is 0 Å². The van der Waals surface area contributed by atoms with E-state index in [1.165, 1.54) is 0 Å². The molecule has 0 spiro atoms. The smallest absolute Gasteiger partial charge is 0.407 e. The Morgan fingerprint density at radius 3 is 2.17 bits per heavy atom. The molecule has 5 atom stereocenters. The van der Waals surface area contributed by atoms with Crippen LogP contribution in [0.25, 0.3) is 11.1 Å². The topological polar surface area (TPSA) is 176 Å². The number of nitrogens with one attached hydrogen (secondary N) is 2. The zero-order valence-electron chi connectivity index (χ0n) is 23.4. The van der Waals surface area contributed by atoms with Crippen molar-refractivity contribution in [3.63, 3.8) is 0 Å². The predicted molar refractivity (Wildman–Crippen MR) is 148 cm³/mol. The maximum Gasteiger partial charge on any atom is 0.407 e. The van der Waals surface area contributed by atoms with Crippen LogP contribution in [0.1, 0.15) is 50.2 Å². The van der Waals surface area contributed by atoms with Crippen molar-refractivity contribution >= 4 is 23.9 Å². The van der Waals surface area contributed by atoms with Crippen LogP contribution in [-0.2, 0) is 33.3 Å². The van der Waals surface area contributed by atoms with Crippen LogP contribution in [0.2, 0.25) is 0 Å². The molecule has 0 radical (unpaired) electrons. The first-order valence-corrected chi connectivity index (χ1v) is 13.9. The molecule has 2 aromatic rings. The molecule has 0 bridgehead atoms. The highest BCUT2D eigenvalue weighted by Crippen LogP contribution is 2.44. The van der Waals surface area contributed by atoms with Crippen molar-refractivity contribution in [1.82, 2.24) is 10.6 Å². The van der Waals surface area contributed by atoms with Crippen molar-refractivity contribution in [3.8, 4) is 11.1 Å². The Morgan fingerprint density at radius 2 is 1.57 bits per heavy atom. The minimum absolute atomic E-state index is 0.0373. The minimum atomic E-state index is -1.33. The van der Waals surface area contributed by atoms with Gasteiger partial charge in [-0.2, -0.15) is 0 Å². The van der Waals surface area contributed by atoms with Crippen LogP contribution in [-0.4, -0.2) is 78.4 Å². The molecule has 3 aliphatic rings. The number of benzene rings is 2. The van der Waals surface area contributed by atoms with Crippen molar-refractivity contribution in [1.29, 1.82) is 0 Å². The molecular weight excluding hydrogens is 546 g/mol. The Labute approximate surface area is 242 Å². The lowest BCUT2D eigenvalue weighted by molar-refractivity contribution is -0.187. The molecule has 2 fully saturated rings. The van der Waals surface area contributed by atoms with E-state index in [1.807, 2.05) is 48.5 Å². The first kappa shape index (κ1) is 29.5. The van der Waals surface area contributed by atoms with Gasteiger partial charge in [0.05, 0.1) is 12.5 Å². The standard InChI is InChI=1S/C30H35N3O9/c1-30(2)41-26-22(13-24(31)34)40-23(27(26)42-30)14-32-25(35)12-11-21(28(36)37)33-29(38)39-15-20-18-9-5-3-7-16(18)17-8-4-6-10-19(17)20/h3-10,20-23,26-27H,11-15H2,1-2H3,(H2,31,34)(H,32,35)(H,33,38)(H,36,37)/t21-,22-,23+,26-,27+/m0/s1. The lowest BCUT2D eigenvalue weighted by Crippen LogP contribution is -2.43. The van der Waals surface area contributed by atoms with Crippen LogP contribution in [0.4, 0.5) is 4.79 Å². The number of primary amides is 1. The molecule has 12 heteroatoms. The summed E-state index contributed by atoms with van der Waals surface area (Å²) in [6.45, 7) is 3.59. The van der Waals surface area contributed by atoms with Crippen molar-refractivity contribution in [2.24, 2.45) is 5.73 Å². The number of nitrogens with two attached hydrogens (primary N) is 1. The minimum Gasteiger partial charge on any atom is -0.480 e. The Kier molecular flexibility index (Phi) is 8.48. The zero-order chi connectivity index (χ0) is 30.0. The molecule has 5 rings (SSSR count). The second-order valence-corrected chi connectivity index (χ2v) is 11.2. The quantitative estimate of drug-likeness (QED) is 0.309. The molecule has 0 saturated carbocycles. The summed E-state index contributed by atoms with van der Waals surface area (Å²) in [7, 11) is 0. The van der Waals surface area contributed by atoms with Crippen LogP contribution < -0.4 is 16.4 Å². The van der Waals surface area contributed by atoms with Crippen molar-refractivity contribution in [2.75, 3.05) is 13.2 Å². The average molecular weight is 582 g/mol. The van der Waals surface area contributed by atoms with Crippen molar-refractivity contribution < 1.29 is 43.2 Å². The molecule has 2 saturated heterocycles. The van der Waals surface area contributed by atoms with E-state index in [-0.39, 0.29) is 38.3 Å². The number of hydrogen-bond donors (Lipinski definition) is 4. The lowest BCUT2D eigenvalue weighted by atomic mass is 9.98. The van der Waals surface area contributed by atoms with Gasteiger partial charge in [-0.3, -0.25) is 9.59 Å². The van der Waals surface area contributed by atoms with Gasteiger partial charge in [0.15, 0.2) is 5.79 Å². The largest absolute Gasteiger partial charge is 0.480 e. The molecular formula is C30H35N3O9. The van der Waals surface area contributed by atoms with Gasteiger partial charge in [-0.1, -0.05) is 48.5 Å². The van der Waals surface area contributed by atoms with E-state index < -0.39 is 60.1 Å². The predicted octanol–water partition coefficient (Wildman–Crippen LogP) is 2.04. The molecule has 0 unspecified atom stereocenters. The average Bonchev–Trinajstić information content (AvgIpc) is 3.54. The van der Waals surface area contributed by atoms with Crippen molar-refractivity contribution in [2.45, 2.75) is 75.3 Å². The molecule has 2 heterocycles. The third kappa shape index (κ3) is 6.40. The fraction of sp³-hybridized carbons (Fsp3) is 0.467. The number of carboxylic acid groups (broad SMARTS) is 1. The number of ether oxygens (including phenoxy) is 4. The van der Waals surface area contributed by atoms with E-state index in [0.717, 1.165) is 22.3 Å². The number of amides is 3. The summed E-state index contributed by atoms with van der Waals surface area (Å²) >= 11 is 0. The second-order valence-electron chi connectivity index (χ2n) is 11.2. The fourth-order valence-corrected chi connectivity index (χ4v) is 5.92. The van der Waals surface area contributed by atoms with Gasteiger partial charge >= 0.3 is 12.1 Å². The molecule has 42 heavy (non-hydrogen) atoms. The van der Waals surface area contributed by atoms with Crippen LogP contribution in [0.15, 0.2) is 48.5 Å². The third-order valence-electron chi connectivity index (χ3n) is 7.74. The summed E-state index contributed by atoms with van der Waals surface area (Å²) < 4.78 is 23.1. The fourth-order valence-electron chi connectivity index (χ4n) is 5.92. The Hall–Kier alpha value is -4.00. The number of alkyl carbamates (subject to hydrolysis) is 1. The number of carbonyl (C=O) groups is 4. The Balaban J connectivity index is 1.10. The first-order chi connectivity index (χ1) is 20.0. The molecule has 12 nitrogen and oxygen atoms in total. The lowest BCUT2D eigenvalue weighted by Gasteiger charge is -2.24. The third-order valence-corrected chi connectivity index (χ3v) is 7.74. The van der Waals surface area contributed by atoms with Gasteiger partial charge in [0, 0.05) is 18.9 Å². The number of carboxylic acids is 1. The summed E-state index contributed by atoms with van der Waals surface area (Å²) in [5.41, 5.74) is 9.56. The van der Waals surface area contributed by atoms with E-state index >= 15 is 0 Å². The van der Waals surface area contributed by atoms with E-state index in [4.69, 9.17) is 24.7 Å². The summed E-state index contributed by atoms with van der Waals surface area (Å²) in [4.78, 5) is 48.4. The van der Waals surface area contributed by atoms with E-state index in [1.54, 1.807) is 13.8 Å². The molecule has 2 aromatic carbocycles. The van der Waals surface area contributed by atoms with Gasteiger partial charge in [-0.05, 0) is 42.5 Å². The number of rotatable bonds is 11. The van der Waals surface area contributed by atoms with Gasteiger partial charge in [-0.25, -0.2) is 9.59 Å². The number of aliphatic carboxylic acids is 1. The second kappa shape index (κ2) is 12.1. The monoisotopic (exact) mass is 581 g/mol. The molecule has 5 N–H and O–H groups in total. The van der Waals surface area contributed by atoms with E-state index in [0.29, 0.717) is 0 Å². The SMILES string of the molecule is CC1(C)O[C@@H]2[C@H](O1)[C@@H](CNC(=O)CC[C@H](NC(=O)OCC1c3ccccc3-c3ccccc31)C(=O)O)O[C@H]2CC(N)=O. The van der Waals surface area contributed by atoms with Crippen molar-refractivity contribution in [3.05, 3.63) is 59.7 Å². The highest BCUT2D eigenvalue weighted by atomic mass is 16.8. The normalized spacial score (nSPS) is 24.2. The number of carbonyl (C=O) groups excluding carboxylic acids is 3. The number of fused-ring (bicyclic) bond motifs is 4. The summed E-state index contributed by atoms with van der Waals surface area (Å²) in [6, 6.07) is 14.4. The molecule has 224 valence electrons. The van der Waals surface area contributed by atoms with Gasteiger partial charge in [0.25, 0.3) is 0 Å². The van der Waals surface area contributed by atoms with Gasteiger partial charge in [-0.15, -0.1) is 0 Å². The van der Waals surface area contributed by atoms with Crippen LogP contribution in [0, 0.1) is 0 Å². The van der Waals surface area contributed by atoms with Gasteiger partial charge in [0.2, 0.25) is 11.8 Å². The maximum atomic E-state index is 12.6. The van der Waals surface area contributed by atoms with Crippen LogP contribution in [0.3, 0.4) is 0 Å². The molecule has 3 amide bonds. The Bertz CT molecular complexity index is 1320. The highest BCUT2D eigenvalue weighted by Gasteiger charge is 2.55. The molecule has 2 aliphatic heterocycles. The van der Waals surface area contributed by atoms with Crippen LogP contribution in [0.5, 0.6) is 0 Å². The zero-order valence-corrected chi connectivity index (χ0v) is 23.4. The van der Waals surface area contributed by atoms with E-state index in [9.17, 15) is 24.3 Å². The number of hydrogen-bond acceptors (Lipinski definition) is 8.